The van der Waals surface area contributed by atoms with Crippen LogP contribution in [0.3, 0.4) is 0 Å². The maximum Gasteiger partial charge on any atom is 0.411 e. The molecular formula is C14H27F3IN3O3. The molecule has 1 atom stereocenters. The molecule has 1 rings (SSSR count). The first-order chi connectivity index (χ1) is 10.9. The van der Waals surface area contributed by atoms with Crippen LogP contribution in [0.4, 0.5) is 13.2 Å². The number of guanidine groups is 1. The summed E-state index contributed by atoms with van der Waals surface area (Å²) >= 11 is 0. The van der Waals surface area contributed by atoms with Crippen LogP contribution in [0.2, 0.25) is 0 Å². The van der Waals surface area contributed by atoms with E-state index in [0.717, 1.165) is 6.42 Å². The van der Waals surface area contributed by atoms with Gasteiger partial charge in [0.15, 0.2) is 5.96 Å². The molecule has 0 aliphatic carbocycles. The minimum Gasteiger partial charge on any atom is -0.396 e. The second-order valence-corrected chi connectivity index (χ2v) is 5.65. The Balaban J connectivity index is 0.00000529. The van der Waals surface area contributed by atoms with Crippen molar-refractivity contribution in [2.75, 3.05) is 53.2 Å². The van der Waals surface area contributed by atoms with Gasteiger partial charge < -0.3 is 25.2 Å². The van der Waals surface area contributed by atoms with Gasteiger partial charge in [0, 0.05) is 45.4 Å². The maximum atomic E-state index is 11.9. The van der Waals surface area contributed by atoms with Crippen molar-refractivity contribution in [3.8, 4) is 0 Å². The normalized spacial score (nSPS) is 21.5. The Labute approximate surface area is 157 Å². The second kappa shape index (κ2) is 12.1. The zero-order valence-electron chi connectivity index (χ0n) is 13.8. The van der Waals surface area contributed by atoms with Crippen LogP contribution in [0.15, 0.2) is 4.99 Å². The van der Waals surface area contributed by atoms with Crippen LogP contribution in [0, 0.1) is 5.41 Å². The van der Waals surface area contributed by atoms with Crippen molar-refractivity contribution >= 4 is 29.9 Å². The van der Waals surface area contributed by atoms with Crippen LogP contribution in [-0.2, 0) is 9.47 Å². The van der Waals surface area contributed by atoms with Gasteiger partial charge in [-0.3, -0.25) is 4.99 Å². The van der Waals surface area contributed by atoms with Gasteiger partial charge >= 0.3 is 6.18 Å². The summed E-state index contributed by atoms with van der Waals surface area (Å²) in [5, 5.41) is 15.4. The molecule has 0 bridgehead atoms. The summed E-state index contributed by atoms with van der Waals surface area (Å²) in [5.41, 5.74) is -0.0950. The van der Waals surface area contributed by atoms with Crippen molar-refractivity contribution in [1.82, 2.24) is 10.6 Å². The van der Waals surface area contributed by atoms with Crippen LogP contribution < -0.4 is 10.6 Å². The Morgan fingerprint density at radius 3 is 2.67 bits per heavy atom. The Morgan fingerprint density at radius 2 is 2.12 bits per heavy atom. The average molecular weight is 469 g/mol. The van der Waals surface area contributed by atoms with Crippen LogP contribution in [0.25, 0.3) is 0 Å². The lowest BCUT2D eigenvalue weighted by molar-refractivity contribution is -0.173. The van der Waals surface area contributed by atoms with Gasteiger partial charge in [-0.05, 0) is 19.3 Å². The third kappa shape index (κ3) is 9.84. The quantitative estimate of drug-likeness (QED) is 0.207. The number of aliphatic imine (C=N–C) groups is 1. The van der Waals surface area contributed by atoms with Crippen molar-refractivity contribution in [2.24, 2.45) is 10.4 Å². The largest absolute Gasteiger partial charge is 0.411 e. The van der Waals surface area contributed by atoms with E-state index >= 15 is 0 Å². The van der Waals surface area contributed by atoms with Gasteiger partial charge in [0.2, 0.25) is 0 Å². The van der Waals surface area contributed by atoms with Gasteiger partial charge in [0.1, 0.15) is 6.61 Å². The summed E-state index contributed by atoms with van der Waals surface area (Å²) < 4.78 is 45.6. The molecule has 1 unspecified atom stereocenters. The van der Waals surface area contributed by atoms with Crippen molar-refractivity contribution in [3.05, 3.63) is 0 Å². The lowest BCUT2D eigenvalue weighted by Crippen LogP contribution is -2.44. The molecule has 1 aliphatic rings. The number of hydrogen-bond donors (Lipinski definition) is 3. The summed E-state index contributed by atoms with van der Waals surface area (Å²) in [4.78, 5) is 4.07. The van der Waals surface area contributed by atoms with Crippen molar-refractivity contribution in [2.45, 2.75) is 25.4 Å². The van der Waals surface area contributed by atoms with Crippen LogP contribution in [0.1, 0.15) is 19.3 Å². The fraction of sp³-hybridized carbons (Fsp3) is 0.929. The van der Waals surface area contributed by atoms with Gasteiger partial charge in [-0.2, -0.15) is 13.2 Å². The Hall–Kier alpha value is -0.330. The number of alkyl halides is 3. The highest BCUT2D eigenvalue weighted by atomic mass is 127. The van der Waals surface area contributed by atoms with Crippen LogP contribution in [0.5, 0.6) is 0 Å². The molecular weight excluding hydrogens is 442 g/mol. The van der Waals surface area contributed by atoms with Crippen LogP contribution in [-0.4, -0.2) is 70.4 Å². The molecule has 0 amide bonds. The molecule has 0 aromatic rings. The maximum absolute atomic E-state index is 11.9. The summed E-state index contributed by atoms with van der Waals surface area (Å²) in [5.74, 6) is 0.574. The van der Waals surface area contributed by atoms with Gasteiger partial charge in [0.05, 0.1) is 6.61 Å². The molecule has 0 aromatic carbocycles. The summed E-state index contributed by atoms with van der Waals surface area (Å²) in [7, 11) is 1.62. The highest BCUT2D eigenvalue weighted by Gasteiger charge is 2.34. The monoisotopic (exact) mass is 469 g/mol. The number of aliphatic hydroxyl groups is 1. The number of aliphatic hydroxyl groups excluding tert-OH is 1. The number of nitrogens with one attached hydrogen (secondary N) is 2. The first kappa shape index (κ1) is 23.7. The van der Waals surface area contributed by atoms with Gasteiger partial charge in [0.25, 0.3) is 0 Å². The van der Waals surface area contributed by atoms with Gasteiger partial charge in [-0.25, -0.2) is 0 Å². The van der Waals surface area contributed by atoms with E-state index < -0.39 is 12.8 Å². The van der Waals surface area contributed by atoms with E-state index in [9.17, 15) is 18.3 Å². The topological polar surface area (TPSA) is 75.1 Å². The Bertz CT molecular complexity index is 365. The third-order valence-corrected chi connectivity index (χ3v) is 3.71. The predicted octanol–water partition coefficient (Wildman–Crippen LogP) is 1.53. The molecule has 3 N–H and O–H groups in total. The van der Waals surface area contributed by atoms with Gasteiger partial charge in [-0.1, -0.05) is 0 Å². The molecule has 0 spiro atoms. The van der Waals surface area contributed by atoms with Gasteiger partial charge in [-0.15, -0.1) is 24.0 Å². The van der Waals surface area contributed by atoms with E-state index in [1.165, 1.54) is 0 Å². The zero-order chi connectivity index (χ0) is 17.2. The minimum absolute atomic E-state index is 0. The number of rotatable bonds is 9. The lowest BCUT2D eigenvalue weighted by atomic mass is 9.84. The lowest BCUT2D eigenvalue weighted by Gasteiger charge is -2.27. The van der Waals surface area contributed by atoms with E-state index in [0.29, 0.717) is 45.1 Å². The predicted molar refractivity (Wildman–Crippen MR) is 95.8 cm³/mol. The highest BCUT2D eigenvalue weighted by molar-refractivity contribution is 14.0. The van der Waals surface area contributed by atoms with E-state index in [-0.39, 0.29) is 42.6 Å². The molecule has 0 saturated carbocycles. The fourth-order valence-corrected chi connectivity index (χ4v) is 2.37. The van der Waals surface area contributed by atoms with Crippen molar-refractivity contribution in [1.29, 1.82) is 0 Å². The first-order valence-electron chi connectivity index (χ1n) is 7.68. The molecule has 1 fully saturated rings. The van der Waals surface area contributed by atoms with Crippen molar-refractivity contribution < 1.29 is 27.8 Å². The summed E-state index contributed by atoms with van der Waals surface area (Å²) in [6.45, 7) is 1.29. The van der Waals surface area contributed by atoms with E-state index in [1.54, 1.807) is 7.05 Å². The minimum atomic E-state index is -4.28. The number of ether oxygens (including phenoxy) is 2. The smallest absolute Gasteiger partial charge is 0.396 e. The standard InChI is InChI=1S/C14H26F3N3O3.HI/c1-18-12(19-5-2-7-22-11-14(15,16)17)20-9-13(3-6-21)4-8-23-10-13;/h21H,2-11H2,1H3,(H2,18,19,20);1H. The number of hydrogen-bond acceptors (Lipinski definition) is 4. The molecule has 0 radical (unpaired) electrons. The fourth-order valence-electron chi connectivity index (χ4n) is 2.37. The van der Waals surface area contributed by atoms with E-state index in [2.05, 4.69) is 20.4 Å². The van der Waals surface area contributed by atoms with Crippen molar-refractivity contribution in [3.63, 3.8) is 0 Å². The molecule has 6 nitrogen and oxygen atoms in total. The molecule has 24 heavy (non-hydrogen) atoms. The Kier molecular flexibility index (Phi) is 11.9. The first-order valence-corrected chi connectivity index (χ1v) is 7.68. The Morgan fingerprint density at radius 1 is 1.38 bits per heavy atom. The summed E-state index contributed by atoms with van der Waals surface area (Å²) in [6, 6.07) is 0. The second-order valence-electron chi connectivity index (χ2n) is 5.65. The third-order valence-electron chi connectivity index (χ3n) is 3.71. The number of halogens is 4. The number of nitrogens with zero attached hydrogens (tertiary/aromatic N) is 1. The molecule has 10 heteroatoms. The molecule has 144 valence electrons. The molecule has 1 heterocycles. The SMILES string of the molecule is CN=C(NCCCOCC(F)(F)F)NCC1(CCO)CCOC1.I. The molecule has 1 aliphatic heterocycles. The van der Waals surface area contributed by atoms with E-state index in [1.807, 2.05) is 0 Å². The van der Waals surface area contributed by atoms with Crippen LogP contribution >= 0.6 is 24.0 Å². The highest BCUT2D eigenvalue weighted by Crippen LogP contribution is 2.31. The molecule has 1 saturated heterocycles. The zero-order valence-corrected chi connectivity index (χ0v) is 16.2. The van der Waals surface area contributed by atoms with E-state index in [4.69, 9.17) is 4.74 Å². The average Bonchev–Trinajstić information content (AvgIpc) is 2.94. The summed E-state index contributed by atoms with van der Waals surface area (Å²) in [6.07, 6.45) is -2.30. The molecule has 0 aromatic heterocycles.